The highest BCUT2D eigenvalue weighted by molar-refractivity contribution is 5.59. The van der Waals surface area contributed by atoms with E-state index in [1.165, 1.54) is 5.56 Å². The van der Waals surface area contributed by atoms with Crippen molar-refractivity contribution >= 4 is 5.69 Å². The highest BCUT2D eigenvalue weighted by Crippen LogP contribution is 2.28. The van der Waals surface area contributed by atoms with Crippen molar-refractivity contribution in [1.82, 2.24) is 0 Å². The third-order valence-electron chi connectivity index (χ3n) is 2.56. The Morgan fingerprint density at radius 3 is 2.62 bits per heavy atom. The van der Waals surface area contributed by atoms with Crippen LogP contribution >= 0.6 is 0 Å². The van der Waals surface area contributed by atoms with Crippen LogP contribution in [0.2, 0.25) is 0 Å². The van der Waals surface area contributed by atoms with E-state index in [-0.39, 0.29) is 12.1 Å². The molecule has 1 aromatic rings. The van der Waals surface area contributed by atoms with Gasteiger partial charge < -0.3 is 15.2 Å². The summed E-state index contributed by atoms with van der Waals surface area (Å²) in [6.45, 7) is 6.34. The second-order valence-corrected chi connectivity index (χ2v) is 4.69. The molecule has 0 unspecified atom stereocenters. The summed E-state index contributed by atoms with van der Waals surface area (Å²) in [4.78, 5) is 0. The number of methoxy groups -OCH3 is 1. The third kappa shape index (κ3) is 3.42. The molecule has 0 saturated carbocycles. The highest BCUT2D eigenvalue weighted by Gasteiger charge is 2.18. The first-order valence-electron chi connectivity index (χ1n) is 5.52. The lowest BCUT2D eigenvalue weighted by Crippen LogP contribution is -2.32. The minimum Gasteiger partial charge on any atom is -0.495 e. The fraction of sp³-hybridized carbons (Fsp3) is 0.538. The Balaban J connectivity index is 2.90. The first-order valence-corrected chi connectivity index (χ1v) is 5.52. The molecule has 0 aliphatic carbocycles. The van der Waals surface area contributed by atoms with Crippen LogP contribution in [0.15, 0.2) is 18.2 Å². The summed E-state index contributed by atoms with van der Waals surface area (Å²) in [5.41, 5.74) is 2.01. The van der Waals surface area contributed by atoms with Crippen molar-refractivity contribution < 1.29 is 9.84 Å². The lowest BCUT2D eigenvalue weighted by Gasteiger charge is -2.28. The maximum absolute atomic E-state index is 8.99. The molecule has 0 saturated heterocycles. The van der Waals surface area contributed by atoms with E-state index < -0.39 is 0 Å². The van der Waals surface area contributed by atoms with Crippen molar-refractivity contribution in [2.45, 2.75) is 32.7 Å². The van der Waals surface area contributed by atoms with Gasteiger partial charge in [0, 0.05) is 12.1 Å². The van der Waals surface area contributed by atoms with Crippen LogP contribution in [0, 0.1) is 6.92 Å². The van der Waals surface area contributed by atoms with Gasteiger partial charge in [-0.2, -0.15) is 0 Å². The zero-order valence-corrected chi connectivity index (χ0v) is 10.5. The maximum atomic E-state index is 8.99. The van der Waals surface area contributed by atoms with Crippen molar-refractivity contribution in [1.29, 1.82) is 0 Å². The van der Waals surface area contributed by atoms with E-state index in [4.69, 9.17) is 9.84 Å². The van der Waals surface area contributed by atoms with Crippen molar-refractivity contribution in [3.8, 4) is 5.75 Å². The zero-order chi connectivity index (χ0) is 12.2. The second-order valence-electron chi connectivity index (χ2n) is 4.69. The lowest BCUT2D eigenvalue weighted by atomic mass is 10.0. The molecule has 0 radical (unpaired) electrons. The fourth-order valence-corrected chi connectivity index (χ4v) is 1.63. The van der Waals surface area contributed by atoms with Crippen LogP contribution in [0.1, 0.15) is 25.8 Å². The van der Waals surface area contributed by atoms with Gasteiger partial charge in [0.05, 0.1) is 12.8 Å². The Hall–Kier alpha value is -1.22. The maximum Gasteiger partial charge on any atom is 0.141 e. The van der Waals surface area contributed by atoms with Gasteiger partial charge in [-0.25, -0.2) is 0 Å². The molecule has 0 fully saturated rings. The summed E-state index contributed by atoms with van der Waals surface area (Å²) in [5, 5.41) is 12.4. The van der Waals surface area contributed by atoms with Crippen molar-refractivity contribution in [2.75, 3.05) is 19.0 Å². The molecule has 1 aromatic carbocycles. The van der Waals surface area contributed by atoms with Gasteiger partial charge in [0.25, 0.3) is 0 Å². The minimum atomic E-state index is -0.143. The quantitative estimate of drug-likeness (QED) is 0.806. The number of aliphatic hydroxyl groups excluding tert-OH is 1. The normalized spacial score (nSPS) is 11.3. The van der Waals surface area contributed by atoms with Gasteiger partial charge in [-0.1, -0.05) is 6.07 Å². The predicted octanol–water partition coefficient (Wildman–Crippen LogP) is 2.58. The molecule has 0 amide bonds. The summed E-state index contributed by atoms with van der Waals surface area (Å²) in [5.74, 6) is 0.830. The molecule has 3 heteroatoms. The monoisotopic (exact) mass is 223 g/mol. The number of hydrogen-bond acceptors (Lipinski definition) is 3. The Kier molecular flexibility index (Phi) is 4.19. The number of rotatable bonds is 5. The first kappa shape index (κ1) is 12.8. The molecule has 1 rings (SSSR count). The molecule has 0 aromatic heterocycles. The minimum absolute atomic E-state index is 0.143. The van der Waals surface area contributed by atoms with Crippen LogP contribution in [0.5, 0.6) is 5.75 Å². The van der Waals surface area contributed by atoms with Crippen LogP contribution < -0.4 is 10.1 Å². The molecule has 0 aliphatic rings. The zero-order valence-electron chi connectivity index (χ0n) is 10.5. The first-order chi connectivity index (χ1) is 7.48. The van der Waals surface area contributed by atoms with E-state index in [2.05, 4.69) is 25.2 Å². The Labute approximate surface area is 97.4 Å². The molecule has 0 aliphatic heterocycles. The van der Waals surface area contributed by atoms with Gasteiger partial charge in [-0.05, 0) is 44.9 Å². The molecule has 0 atom stereocenters. The Morgan fingerprint density at radius 1 is 1.38 bits per heavy atom. The van der Waals surface area contributed by atoms with Gasteiger partial charge in [-0.15, -0.1) is 0 Å². The number of benzene rings is 1. The average molecular weight is 223 g/mol. The van der Waals surface area contributed by atoms with Crippen LogP contribution in [0.4, 0.5) is 5.69 Å². The van der Waals surface area contributed by atoms with E-state index in [1.54, 1.807) is 7.11 Å². The van der Waals surface area contributed by atoms with Crippen molar-refractivity contribution in [3.63, 3.8) is 0 Å². The molecule has 3 nitrogen and oxygen atoms in total. The Bertz CT molecular complexity index is 348. The number of nitrogens with one attached hydrogen (secondary N) is 1. The number of aliphatic hydroxyl groups is 1. The number of ether oxygens (including phenoxy) is 1. The lowest BCUT2D eigenvalue weighted by molar-refractivity contribution is 0.260. The van der Waals surface area contributed by atoms with Crippen molar-refractivity contribution in [2.24, 2.45) is 0 Å². The third-order valence-corrected chi connectivity index (χ3v) is 2.56. The smallest absolute Gasteiger partial charge is 0.141 e. The van der Waals surface area contributed by atoms with Gasteiger partial charge in [0.15, 0.2) is 0 Å². The summed E-state index contributed by atoms with van der Waals surface area (Å²) >= 11 is 0. The molecule has 0 spiro atoms. The molecule has 0 heterocycles. The molecular weight excluding hydrogens is 202 g/mol. The standard InChI is InChI=1S/C13H21NO2/c1-10-5-6-12(16-4)11(9-10)14-13(2,3)7-8-15/h5-6,9,14-15H,7-8H2,1-4H3. The van der Waals surface area contributed by atoms with Crippen LogP contribution in [0.25, 0.3) is 0 Å². The SMILES string of the molecule is COc1ccc(C)cc1NC(C)(C)CCO. The molecule has 0 bridgehead atoms. The number of anilines is 1. The number of hydrogen-bond donors (Lipinski definition) is 2. The van der Waals surface area contributed by atoms with Crippen molar-refractivity contribution in [3.05, 3.63) is 23.8 Å². The van der Waals surface area contributed by atoms with Crippen LogP contribution in [0.3, 0.4) is 0 Å². The van der Waals surface area contributed by atoms with Gasteiger partial charge in [0.2, 0.25) is 0 Å². The number of aryl methyl sites for hydroxylation is 1. The molecular formula is C13H21NO2. The molecule has 2 N–H and O–H groups in total. The van der Waals surface area contributed by atoms with E-state index in [0.29, 0.717) is 6.42 Å². The fourth-order valence-electron chi connectivity index (χ4n) is 1.63. The van der Waals surface area contributed by atoms with Crippen LogP contribution in [-0.4, -0.2) is 24.4 Å². The van der Waals surface area contributed by atoms with Gasteiger partial charge >= 0.3 is 0 Å². The summed E-state index contributed by atoms with van der Waals surface area (Å²) in [6.07, 6.45) is 0.699. The van der Waals surface area contributed by atoms with E-state index in [0.717, 1.165) is 11.4 Å². The van der Waals surface area contributed by atoms with Gasteiger partial charge in [0.1, 0.15) is 5.75 Å². The summed E-state index contributed by atoms with van der Waals surface area (Å²) in [7, 11) is 1.66. The Morgan fingerprint density at radius 2 is 2.06 bits per heavy atom. The topological polar surface area (TPSA) is 41.5 Å². The van der Waals surface area contributed by atoms with E-state index in [1.807, 2.05) is 19.1 Å². The second kappa shape index (κ2) is 5.21. The highest BCUT2D eigenvalue weighted by atomic mass is 16.5. The molecule has 16 heavy (non-hydrogen) atoms. The predicted molar refractivity (Wildman–Crippen MR) is 67.1 cm³/mol. The summed E-state index contributed by atoms with van der Waals surface area (Å²) in [6, 6.07) is 6.02. The average Bonchev–Trinajstić information content (AvgIpc) is 2.17. The van der Waals surface area contributed by atoms with E-state index in [9.17, 15) is 0 Å². The summed E-state index contributed by atoms with van der Waals surface area (Å²) < 4.78 is 5.30. The largest absolute Gasteiger partial charge is 0.495 e. The molecule has 90 valence electrons. The van der Waals surface area contributed by atoms with E-state index >= 15 is 0 Å². The van der Waals surface area contributed by atoms with Gasteiger partial charge in [-0.3, -0.25) is 0 Å². The van der Waals surface area contributed by atoms with Crippen LogP contribution in [-0.2, 0) is 0 Å².